The second-order valence-corrected chi connectivity index (χ2v) is 10.9. The molecule has 3 rings (SSSR count). The van der Waals surface area contributed by atoms with Crippen molar-refractivity contribution in [1.82, 2.24) is 9.55 Å². The van der Waals surface area contributed by atoms with Crippen LogP contribution in [0, 0.1) is 0 Å². The lowest BCUT2D eigenvalue weighted by atomic mass is 10.0. The number of aryl methyl sites for hydroxylation is 3. The van der Waals surface area contributed by atoms with E-state index in [0.29, 0.717) is 6.61 Å². The number of unbranched alkanes of at least 4 members (excludes halogenated alkanes) is 12. The third-order valence-corrected chi connectivity index (χ3v) is 7.72. The minimum absolute atomic E-state index is 0.0912. The molecular formula is C33H53N3O. The molecule has 0 spiro atoms. The Labute approximate surface area is 227 Å². The molecule has 37 heavy (non-hydrogen) atoms. The first-order chi connectivity index (χ1) is 18.2. The molecule has 0 saturated carbocycles. The predicted molar refractivity (Wildman–Crippen MR) is 160 cm³/mol. The van der Waals surface area contributed by atoms with Gasteiger partial charge in [-0.25, -0.2) is 4.99 Å². The summed E-state index contributed by atoms with van der Waals surface area (Å²) in [6.45, 7) is 7.32. The summed E-state index contributed by atoms with van der Waals surface area (Å²) in [4.78, 5) is 8.90. The van der Waals surface area contributed by atoms with Gasteiger partial charge in [-0.1, -0.05) is 90.9 Å². The van der Waals surface area contributed by atoms with Gasteiger partial charge in [-0.15, -0.1) is 0 Å². The molecule has 1 unspecified atom stereocenters. The van der Waals surface area contributed by atoms with E-state index in [1.54, 1.807) is 0 Å². The standard InChI is InChI=1S/C33H53N3O/c1-5-8-10-12-13-14-15-17-18-21-27-25-30(34-28(27)22-19-16-11-9-6-2)33-32(37-7-3)26-29(35-33)31-23-20-24-36(31)4/h20,23-26,32,34H,5-19,21-22H2,1-4H3. The molecular weight excluding hydrogens is 454 g/mol. The topological polar surface area (TPSA) is 42.3 Å². The van der Waals surface area contributed by atoms with Gasteiger partial charge in [-0.3, -0.25) is 0 Å². The van der Waals surface area contributed by atoms with E-state index in [9.17, 15) is 0 Å². The highest BCUT2D eigenvalue weighted by Gasteiger charge is 2.26. The van der Waals surface area contributed by atoms with Crippen LogP contribution in [0.5, 0.6) is 0 Å². The molecule has 2 aromatic rings. The van der Waals surface area contributed by atoms with Crippen molar-refractivity contribution in [2.75, 3.05) is 6.61 Å². The van der Waals surface area contributed by atoms with Crippen molar-refractivity contribution < 1.29 is 4.74 Å². The highest BCUT2D eigenvalue weighted by molar-refractivity contribution is 6.09. The van der Waals surface area contributed by atoms with Gasteiger partial charge in [0.25, 0.3) is 0 Å². The molecule has 0 amide bonds. The van der Waals surface area contributed by atoms with Crippen LogP contribution in [0.25, 0.3) is 5.70 Å². The molecule has 206 valence electrons. The second kappa shape index (κ2) is 16.7. The van der Waals surface area contributed by atoms with Crippen LogP contribution in [-0.2, 0) is 24.6 Å². The monoisotopic (exact) mass is 507 g/mol. The van der Waals surface area contributed by atoms with Gasteiger partial charge in [0, 0.05) is 25.5 Å². The summed E-state index contributed by atoms with van der Waals surface area (Å²) in [6.07, 6.45) is 25.4. The summed E-state index contributed by atoms with van der Waals surface area (Å²) >= 11 is 0. The minimum atomic E-state index is -0.0912. The number of aliphatic imine (C=N–C) groups is 1. The Bertz CT molecular complexity index is 964. The number of ether oxygens (including phenoxy) is 1. The van der Waals surface area contributed by atoms with E-state index in [0.717, 1.165) is 29.2 Å². The average Bonchev–Trinajstić information content (AvgIpc) is 3.61. The third kappa shape index (κ3) is 9.32. The third-order valence-electron chi connectivity index (χ3n) is 7.72. The fourth-order valence-electron chi connectivity index (χ4n) is 5.50. The Kier molecular flexibility index (Phi) is 13.3. The van der Waals surface area contributed by atoms with Gasteiger partial charge in [0.1, 0.15) is 6.10 Å². The maximum atomic E-state index is 6.14. The first kappa shape index (κ1) is 29.5. The van der Waals surface area contributed by atoms with Crippen molar-refractivity contribution in [2.24, 2.45) is 12.0 Å². The lowest BCUT2D eigenvalue weighted by molar-refractivity contribution is 0.142. The molecule has 4 heteroatoms. The van der Waals surface area contributed by atoms with E-state index >= 15 is 0 Å². The van der Waals surface area contributed by atoms with Crippen LogP contribution in [0.3, 0.4) is 0 Å². The molecule has 0 fully saturated rings. The summed E-state index contributed by atoms with van der Waals surface area (Å²) in [5.74, 6) is 0. The quantitative estimate of drug-likeness (QED) is 0.178. The highest BCUT2D eigenvalue weighted by atomic mass is 16.5. The Hall–Kier alpha value is -2.07. The molecule has 0 aromatic carbocycles. The van der Waals surface area contributed by atoms with Gasteiger partial charge in [-0.05, 0) is 62.4 Å². The Morgan fingerprint density at radius 1 is 0.838 bits per heavy atom. The summed E-state index contributed by atoms with van der Waals surface area (Å²) in [6, 6.07) is 6.60. The number of H-pyrrole nitrogens is 1. The summed E-state index contributed by atoms with van der Waals surface area (Å²) < 4.78 is 8.27. The molecule has 1 aliphatic rings. The first-order valence-electron chi connectivity index (χ1n) is 15.4. The van der Waals surface area contributed by atoms with Crippen LogP contribution < -0.4 is 0 Å². The van der Waals surface area contributed by atoms with Crippen molar-refractivity contribution in [3.05, 3.63) is 53.1 Å². The highest BCUT2D eigenvalue weighted by Crippen LogP contribution is 2.28. The summed E-state index contributed by atoms with van der Waals surface area (Å²) in [5, 5.41) is 0. The van der Waals surface area contributed by atoms with Gasteiger partial charge >= 0.3 is 0 Å². The molecule has 2 aromatic heterocycles. The molecule has 1 atom stereocenters. The number of nitrogens with one attached hydrogen (secondary N) is 1. The largest absolute Gasteiger partial charge is 0.368 e. The number of hydrogen-bond donors (Lipinski definition) is 1. The van der Waals surface area contributed by atoms with Crippen LogP contribution in [0.1, 0.15) is 133 Å². The van der Waals surface area contributed by atoms with Crippen LogP contribution >= 0.6 is 0 Å². The smallest absolute Gasteiger partial charge is 0.122 e. The van der Waals surface area contributed by atoms with Gasteiger partial charge in [0.15, 0.2) is 0 Å². The molecule has 4 nitrogen and oxygen atoms in total. The molecule has 3 heterocycles. The van der Waals surface area contributed by atoms with Crippen molar-refractivity contribution in [3.63, 3.8) is 0 Å². The second-order valence-electron chi connectivity index (χ2n) is 10.9. The molecule has 0 aliphatic carbocycles. The van der Waals surface area contributed by atoms with Crippen molar-refractivity contribution >= 4 is 11.4 Å². The predicted octanol–water partition coefficient (Wildman–Crippen LogP) is 9.19. The van der Waals surface area contributed by atoms with E-state index < -0.39 is 0 Å². The van der Waals surface area contributed by atoms with Gasteiger partial charge in [-0.2, -0.15) is 0 Å². The fourth-order valence-corrected chi connectivity index (χ4v) is 5.50. The zero-order chi connectivity index (χ0) is 26.3. The van der Waals surface area contributed by atoms with E-state index in [1.165, 1.54) is 108 Å². The van der Waals surface area contributed by atoms with Crippen molar-refractivity contribution in [2.45, 2.75) is 130 Å². The average molecular weight is 508 g/mol. The van der Waals surface area contributed by atoms with Gasteiger partial charge < -0.3 is 14.3 Å². The van der Waals surface area contributed by atoms with Crippen LogP contribution in [0.2, 0.25) is 0 Å². The van der Waals surface area contributed by atoms with Crippen molar-refractivity contribution in [3.8, 4) is 0 Å². The molecule has 0 saturated heterocycles. The Morgan fingerprint density at radius 3 is 2.05 bits per heavy atom. The van der Waals surface area contributed by atoms with E-state index in [-0.39, 0.29) is 6.10 Å². The maximum absolute atomic E-state index is 6.14. The molecule has 1 aliphatic heterocycles. The number of hydrogen-bond acceptors (Lipinski definition) is 2. The van der Waals surface area contributed by atoms with E-state index in [4.69, 9.17) is 9.73 Å². The fraction of sp³-hybridized carbons (Fsp3) is 0.667. The van der Waals surface area contributed by atoms with Gasteiger partial charge in [0.2, 0.25) is 0 Å². The number of rotatable bonds is 20. The Morgan fingerprint density at radius 2 is 1.46 bits per heavy atom. The Balaban J connectivity index is 1.65. The molecule has 0 radical (unpaired) electrons. The molecule has 0 bridgehead atoms. The minimum Gasteiger partial charge on any atom is -0.368 e. The molecule has 1 N–H and O–H groups in total. The lowest BCUT2D eigenvalue weighted by Crippen LogP contribution is -2.20. The summed E-state index contributed by atoms with van der Waals surface area (Å²) in [5.41, 5.74) is 7.25. The number of aromatic nitrogens is 2. The van der Waals surface area contributed by atoms with E-state index in [2.05, 4.69) is 67.8 Å². The maximum Gasteiger partial charge on any atom is 0.122 e. The van der Waals surface area contributed by atoms with Crippen LogP contribution in [0.4, 0.5) is 0 Å². The zero-order valence-electron chi connectivity index (χ0n) is 24.3. The number of nitrogens with zero attached hydrogens (tertiary/aromatic N) is 2. The lowest BCUT2D eigenvalue weighted by Gasteiger charge is -2.10. The van der Waals surface area contributed by atoms with E-state index in [1.807, 2.05) is 0 Å². The van der Waals surface area contributed by atoms with Crippen molar-refractivity contribution in [1.29, 1.82) is 0 Å². The van der Waals surface area contributed by atoms with Gasteiger partial charge in [0.05, 0.1) is 22.8 Å². The first-order valence-corrected chi connectivity index (χ1v) is 15.4. The number of aromatic amines is 1. The normalized spacial score (nSPS) is 15.4. The summed E-state index contributed by atoms with van der Waals surface area (Å²) in [7, 11) is 2.08. The zero-order valence-corrected chi connectivity index (χ0v) is 24.3. The van der Waals surface area contributed by atoms with Crippen LogP contribution in [-0.4, -0.2) is 28.0 Å². The SMILES string of the molecule is CCCCCCCCCCCc1cc(C2=NC(c3cccn3C)=CC2OCC)[nH]c1CCCCCCC. The van der Waals surface area contributed by atoms with Crippen LogP contribution in [0.15, 0.2) is 35.5 Å².